The summed E-state index contributed by atoms with van der Waals surface area (Å²) in [5, 5.41) is 9.59. The summed E-state index contributed by atoms with van der Waals surface area (Å²) in [6.07, 6.45) is 4.72. The lowest BCUT2D eigenvalue weighted by molar-refractivity contribution is 0.226. The molecule has 126 valence electrons. The van der Waals surface area contributed by atoms with Crippen molar-refractivity contribution in [3.63, 3.8) is 0 Å². The minimum Gasteiger partial charge on any atom is -0.351 e. The predicted molar refractivity (Wildman–Crippen MR) is 96.2 cm³/mol. The number of amides is 2. The van der Waals surface area contributed by atoms with Gasteiger partial charge in [0.15, 0.2) is 5.13 Å². The third-order valence-electron chi connectivity index (χ3n) is 4.31. The molecule has 3 rings (SSSR count). The zero-order chi connectivity index (χ0) is 16.9. The normalized spacial score (nSPS) is 15.3. The number of thiazole rings is 1. The first kappa shape index (κ1) is 16.7. The van der Waals surface area contributed by atoms with Crippen LogP contribution in [0, 0.1) is 11.3 Å². The molecule has 0 spiro atoms. The zero-order valence-corrected chi connectivity index (χ0v) is 14.4. The van der Waals surface area contributed by atoms with Crippen molar-refractivity contribution in [3.8, 4) is 6.07 Å². The first-order valence-corrected chi connectivity index (χ1v) is 9.09. The monoisotopic (exact) mass is 343 g/mol. The van der Waals surface area contributed by atoms with E-state index >= 15 is 0 Å². The topological polar surface area (TPSA) is 86.2 Å². The number of rotatable bonds is 5. The van der Waals surface area contributed by atoms with Gasteiger partial charge in [-0.3, -0.25) is 4.90 Å². The molecule has 0 unspecified atom stereocenters. The lowest BCUT2D eigenvalue weighted by Gasteiger charge is -2.27. The van der Waals surface area contributed by atoms with Gasteiger partial charge in [-0.1, -0.05) is 17.8 Å². The van der Waals surface area contributed by atoms with Gasteiger partial charge in [-0.15, -0.1) is 0 Å². The molecular weight excluding hydrogens is 322 g/mol. The van der Waals surface area contributed by atoms with Crippen molar-refractivity contribution in [1.82, 2.24) is 9.88 Å². The van der Waals surface area contributed by atoms with Gasteiger partial charge in [0.2, 0.25) is 0 Å². The number of aromatic nitrogens is 1. The number of likely N-dealkylation sites (tertiary alicyclic amines) is 1. The van der Waals surface area contributed by atoms with Crippen LogP contribution in [0.25, 0.3) is 10.2 Å². The fourth-order valence-electron chi connectivity index (χ4n) is 3.03. The summed E-state index contributed by atoms with van der Waals surface area (Å²) in [6, 6.07) is 6.97. The Balaban J connectivity index is 1.68. The molecule has 0 aliphatic carbocycles. The Morgan fingerprint density at radius 2 is 2.17 bits per heavy atom. The van der Waals surface area contributed by atoms with Gasteiger partial charge < -0.3 is 10.6 Å². The number of piperidine rings is 1. The lowest BCUT2D eigenvalue weighted by atomic mass is 10.1. The fraction of sp³-hybridized carbons (Fsp3) is 0.471. The van der Waals surface area contributed by atoms with E-state index in [1.807, 2.05) is 0 Å². The molecule has 1 fully saturated rings. The van der Waals surface area contributed by atoms with E-state index in [0.29, 0.717) is 17.2 Å². The van der Waals surface area contributed by atoms with Crippen LogP contribution in [-0.4, -0.2) is 42.1 Å². The molecule has 2 aromatic rings. The van der Waals surface area contributed by atoms with Crippen molar-refractivity contribution in [2.45, 2.75) is 25.7 Å². The number of fused-ring (bicyclic) bond motifs is 1. The number of anilines is 1. The maximum Gasteiger partial charge on any atom is 0.321 e. The maximum absolute atomic E-state index is 11.8. The molecule has 1 aromatic heterocycles. The van der Waals surface area contributed by atoms with Crippen LogP contribution in [0.1, 0.15) is 31.2 Å². The molecule has 1 aliphatic rings. The molecule has 1 aliphatic heterocycles. The van der Waals surface area contributed by atoms with Crippen molar-refractivity contribution in [2.75, 3.05) is 31.1 Å². The van der Waals surface area contributed by atoms with Crippen molar-refractivity contribution < 1.29 is 4.79 Å². The molecule has 0 atom stereocenters. The number of benzene rings is 1. The standard InChI is InChI=1S/C17H21N5OS/c18-12-13-5-6-14-15(11-13)24-17(20-14)22(16(19)23)10-4-9-21-7-2-1-3-8-21/h5-6,11H,1-4,7-10H2,(H2,19,23). The lowest BCUT2D eigenvalue weighted by Crippen LogP contribution is -2.38. The van der Waals surface area contributed by atoms with Crippen LogP contribution < -0.4 is 10.6 Å². The van der Waals surface area contributed by atoms with Crippen LogP contribution in [0.5, 0.6) is 0 Å². The smallest absolute Gasteiger partial charge is 0.321 e. The van der Waals surface area contributed by atoms with E-state index in [-0.39, 0.29) is 0 Å². The van der Waals surface area contributed by atoms with E-state index in [1.54, 1.807) is 23.1 Å². The van der Waals surface area contributed by atoms with Crippen LogP contribution in [0.4, 0.5) is 9.93 Å². The second-order valence-corrected chi connectivity index (χ2v) is 7.05. The largest absolute Gasteiger partial charge is 0.351 e. The van der Waals surface area contributed by atoms with E-state index in [4.69, 9.17) is 11.0 Å². The average molecular weight is 343 g/mol. The Morgan fingerprint density at radius 3 is 2.88 bits per heavy atom. The Hall–Kier alpha value is -2.17. The van der Waals surface area contributed by atoms with E-state index < -0.39 is 6.03 Å². The van der Waals surface area contributed by atoms with Crippen LogP contribution in [-0.2, 0) is 0 Å². The zero-order valence-electron chi connectivity index (χ0n) is 13.6. The van der Waals surface area contributed by atoms with Crippen LogP contribution in [0.2, 0.25) is 0 Å². The summed E-state index contributed by atoms with van der Waals surface area (Å²) in [5.74, 6) is 0. The van der Waals surface area contributed by atoms with Gasteiger partial charge in [0.25, 0.3) is 0 Å². The Morgan fingerprint density at radius 1 is 1.38 bits per heavy atom. The van der Waals surface area contributed by atoms with Crippen LogP contribution >= 0.6 is 11.3 Å². The summed E-state index contributed by atoms with van der Waals surface area (Å²) >= 11 is 1.40. The van der Waals surface area contributed by atoms with E-state index in [2.05, 4.69) is 16.0 Å². The van der Waals surface area contributed by atoms with Crippen molar-refractivity contribution in [3.05, 3.63) is 23.8 Å². The maximum atomic E-state index is 11.8. The molecule has 2 heterocycles. The van der Waals surface area contributed by atoms with Gasteiger partial charge in [0, 0.05) is 6.54 Å². The number of primary amides is 1. The molecule has 6 nitrogen and oxygen atoms in total. The Kier molecular flexibility index (Phi) is 5.28. The van der Waals surface area contributed by atoms with Gasteiger partial charge in [-0.05, 0) is 57.1 Å². The third-order valence-corrected chi connectivity index (χ3v) is 5.35. The summed E-state index contributed by atoms with van der Waals surface area (Å²) in [4.78, 5) is 20.3. The predicted octanol–water partition coefficient (Wildman–Crippen LogP) is 2.93. The van der Waals surface area contributed by atoms with Crippen LogP contribution in [0.15, 0.2) is 18.2 Å². The van der Waals surface area contributed by atoms with Gasteiger partial charge >= 0.3 is 6.03 Å². The number of hydrogen-bond donors (Lipinski definition) is 1. The average Bonchev–Trinajstić information content (AvgIpc) is 3.01. The molecular formula is C17H21N5OS. The quantitative estimate of drug-likeness (QED) is 0.904. The molecule has 2 amide bonds. The molecule has 0 bridgehead atoms. The molecule has 0 saturated carbocycles. The van der Waals surface area contributed by atoms with E-state index in [0.717, 1.165) is 36.3 Å². The summed E-state index contributed by atoms with van der Waals surface area (Å²) in [5.41, 5.74) is 6.93. The van der Waals surface area contributed by atoms with Crippen LogP contribution in [0.3, 0.4) is 0 Å². The SMILES string of the molecule is N#Cc1ccc2nc(N(CCCN3CCCCC3)C(N)=O)sc2c1. The van der Waals surface area contributed by atoms with Gasteiger partial charge in [-0.25, -0.2) is 9.78 Å². The number of nitriles is 1. The highest BCUT2D eigenvalue weighted by molar-refractivity contribution is 7.22. The molecule has 0 radical (unpaired) electrons. The minimum absolute atomic E-state index is 0.479. The van der Waals surface area contributed by atoms with E-state index in [1.165, 1.54) is 30.6 Å². The van der Waals surface area contributed by atoms with Gasteiger partial charge in [0.1, 0.15) is 0 Å². The first-order valence-electron chi connectivity index (χ1n) is 8.27. The molecule has 24 heavy (non-hydrogen) atoms. The summed E-state index contributed by atoms with van der Waals surface area (Å²) in [7, 11) is 0. The fourth-order valence-corrected chi connectivity index (χ4v) is 4.07. The number of hydrogen-bond acceptors (Lipinski definition) is 5. The second kappa shape index (κ2) is 7.60. The third kappa shape index (κ3) is 3.83. The number of carbonyl (C=O) groups excluding carboxylic acids is 1. The molecule has 1 aromatic carbocycles. The van der Waals surface area contributed by atoms with Gasteiger partial charge in [-0.2, -0.15) is 5.26 Å². The van der Waals surface area contributed by atoms with Gasteiger partial charge in [0.05, 0.1) is 21.8 Å². The van der Waals surface area contributed by atoms with Crippen molar-refractivity contribution in [2.24, 2.45) is 5.73 Å². The Labute approximate surface area is 145 Å². The summed E-state index contributed by atoms with van der Waals surface area (Å²) < 4.78 is 0.895. The van der Waals surface area contributed by atoms with E-state index in [9.17, 15) is 4.79 Å². The van der Waals surface area contributed by atoms with Crippen molar-refractivity contribution >= 4 is 32.7 Å². The molecule has 7 heteroatoms. The summed E-state index contributed by atoms with van der Waals surface area (Å²) in [6.45, 7) is 3.84. The number of urea groups is 1. The molecule has 2 N–H and O–H groups in total. The number of nitrogens with zero attached hydrogens (tertiary/aromatic N) is 4. The Bertz CT molecular complexity index is 760. The molecule has 1 saturated heterocycles. The highest BCUT2D eigenvalue weighted by Crippen LogP contribution is 2.29. The number of nitrogens with two attached hydrogens (primary N) is 1. The first-order chi connectivity index (χ1) is 11.7. The van der Waals surface area contributed by atoms with Crippen molar-refractivity contribution in [1.29, 1.82) is 5.26 Å². The highest BCUT2D eigenvalue weighted by Gasteiger charge is 2.18. The minimum atomic E-state index is -0.479. The highest BCUT2D eigenvalue weighted by atomic mass is 32.1. The number of carbonyl (C=O) groups is 1. The second-order valence-electron chi connectivity index (χ2n) is 6.04.